The summed E-state index contributed by atoms with van der Waals surface area (Å²) in [4.78, 5) is 17.0. The van der Waals surface area contributed by atoms with Gasteiger partial charge in [-0.3, -0.25) is 9.69 Å². The van der Waals surface area contributed by atoms with Crippen molar-refractivity contribution in [1.82, 2.24) is 9.80 Å². The van der Waals surface area contributed by atoms with Gasteiger partial charge < -0.3 is 15.1 Å². The van der Waals surface area contributed by atoms with Gasteiger partial charge in [0.1, 0.15) is 6.23 Å². The molecule has 0 aromatic carbocycles. The standard InChI is InChI=1S/C26H36N2O3.C5H10.C2H2/c1-18-8-7-14-28(17-18)25(31)26-13-12-23(30)27(3)24(26)21(11-4-5-15-29)22-16-20(26)10-6-9-19(22)2;1-2-4-5-3-1;1-2/h4-6,9-10,16,18,24-25,29,31H,7-8,11-15,17H2,1-3H3;1-5H2;1-2H/b5-4-;;. The van der Waals surface area contributed by atoms with Crippen LogP contribution in [0.5, 0.6) is 0 Å². The monoisotopic (exact) mass is 520 g/mol. The first kappa shape index (κ1) is 30.2. The number of rotatable bonds is 5. The number of hydrogen-bond donors (Lipinski definition) is 2. The molecule has 3 fully saturated rings. The quantitative estimate of drug-likeness (QED) is 0.369. The lowest BCUT2D eigenvalue weighted by Crippen LogP contribution is -2.64. The Morgan fingerprint density at radius 3 is 2.47 bits per heavy atom. The number of nitrogens with zero attached hydrogens (tertiary/aromatic N) is 2. The summed E-state index contributed by atoms with van der Waals surface area (Å²) in [6, 6.07) is -0.203. The van der Waals surface area contributed by atoms with Crippen molar-refractivity contribution >= 4 is 5.91 Å². The van der Waals surface area contributed by atoms with Gasteiger partial charge in [0.25, 0.3) is 0 Å². The molecule has 0 aromatic heterocycles. The molecule has 38 heavy (non-hydrogen) atoms. The van der Waals surface area contributed by atoms with Crippen molar-refractivity contribution in [3.8, 4) is 12.8 Å². The van der Waals surface area contributed by atoms with Crippen molar-refractivity contribution in [2.45, 2.75) is 90.3 Å². The molecule has 1 amide bonds. The van der Waals surface area contributed by atoms with Crippen molar-refractivity contribution in [2.75, 3.05) is 26.7 Å². The molecule has 0 spiro atoms. The van der Waals surface area contributed by atoms with Crippen LogP contribution in [0, 0.1) is 24.2 Å². The van der Waals surface area contributed by atoms with E-state index < -0.39 is 11.6 Å². The Morgan fingerprint density at radius 1 is 1.16 bits per heavy atom. The van der Waals surface area contributed by atoms with Crippen LogP contribution in [0.1, 0.15) is 78.1 Å². The SMILES string of the molecule is C#C.C1CCCC1.CC1=CC=CC2=CC1=C(C/C=C\CO)C1N(C)C(=O)CCC21C(O)N1CCCC(C)C1. The molecule has 2 aliphatic heterocycles. The van der Waals surface area contributed by atoms with Crippen LogP contribution in [0.25, 0.3) is 0 Å². The van der Waals surface area contributed by atoms with Gasteiger partial charge in [0.15, 0.2) is 0 Å². The summed E-state index contributed by atoms with van der Waals surface area (Å²) in [5.74, 6) is 0.694. The Labute approximate surface area is 230 Å². The number of likely N-dealkylation sites (tertiary alicyclic amines) is 2. The zero-order valence-corrected chi connectivity index (χ0v) is 23.7. The highest BCUT2D eigenvalue weighted by Crippen LogP contribution is 2.54. The molecule has 2 N–H and O–H groups in total. The molecule has 3 aliphatic carbocycles. The Morgan fingerprint density at radius 2 is 1.84 bits per heavy atom. The molecule has 208 valence electrons. The van der Waals surface area contributed by atoms with Gasteiger partial charge in [-0.25, -0.2) is 0 Å². The zero-order chi connectivity index (χ0) is 27.7. The van der Waals surface area contributed by atoms with Crippen molar-refractivity contribution in [2.24, 2.45) is 11.3 Å². The summed E-state index contributed by atoms with van der Waals surface area (Å²) in [6.07, 6.45) is 31.2. The number of likely N-dealkylation sites (N-methyl/N-ethyl adjacent to an activating group) is 1. The van der Waals surface area contributed by atoms with E-state index in [0.29, 0.717) is 25.2 Å². The molecule has 5 rings (SSSR count). The third kappa shape index (κ3) is 6.25. The highest BCUT2D eigenvalue weighted by molar-refractivity contribution is 5.79. The van der Waals surface area contributed by atoms with E-state index in [1.54, 1.807) is 6.08 Å². The van der Waals surface area contributed by atoms with Gasteiger partial charge >= 0.3 is 0 Å². The Hall–Kier alpha value is -2.39. The summed E-state index contributed by atoms with van der Waals surface area (Å²) in [7, 11) is 1.89. The van der Waals surface area contributed by atoms with Crippen LogP contribution in [0.15, 0.2) is 58.7 Å². The van der Waals surface area contributed by atoms with Crippen LogP contribution in [0.2, 0.25) is 0 Å². The molecular formula is C33H48N2O3. The summed E-state index contributed by atoms with van der Waals surface area (Å²) >= 11 is 0. The van der Waals surface area contributed by atoms with Crippen molar-refractivity contribution in [1.29, 1.82) is 0 Å². The number of aliphatic hydroxyl groups excluding tert-OH is 2. The van der Waals surface area contributed by atoms with Gasteiger partial charge in [-0.2, -0.15) is 0 Å². The highest BCUT2D eigenvalue weighted by Gasteiger charge is 2.57. The molecule has 5 heteroatoms. The second-order valence-electron chi connectivity index (χ2n) is 11.4. The van der Waals surface area contributed by atoms with Gasteiger partial charge in [0, 0.05) is 26.6 Å². The lowest BCUT2D eigenvalue weighted by molar-refractivity contribution is -0.155. The summed E-state index contributed by atoms with van der Waals surface area (Å²) in [5, 5.41) is 21.3. The van der Waals surface area contributed by atoms with E-state index in [9.17, 15) is 15.0 Å². The topological polar surface area (TPSA) is 64.0 Å². The van der Waals surface area contributed by atoms with Crippen LogP contribution < -0.4 is 0 Å². The largest absolute Gasteiger partial charge is 0.392 e. The van der Waals surface area contributed by atoms with Crippen LogP contribution in [-0.2, 0) is 4.79 Å². The highest BCUT2D eigenvalue weighted by atomic mass is 16.3. The van der Waals surface area contributed by atoms with Crippen molar-refractivity contribution < 1.29 is 15.0 Å². The molecule has 2 heterocycles. The number of carbonyl (C=O) groups is 1. The first-order valence-corrected chi connectivity index (χ1v) is 14.5. The van der Waals surface area contributed by atoms with E-state index in [1.807, 2.05) is 18.0 Å². The summed E-state index contributed by atoms with van der Waals surface area (Å²) in [5.41, 5.74) is 4.05. The van der Waals surface area contributed by atoms with Gasteiger partial charge in [0.2, 0.25) is 5.91 Å². The summed E-state index contributed by atoms with van der Waals surface area (Å²) in [6.45, 7) is 6.14. The second kappa shape index (κ2) is 14.1. The molecule has 5 nitrogen and oxygen atoms in total. The molecule has 0 aromatic rings. The third-order valence-electron chi connectivity index (χ3n) is 8.94. The molecule has 4 unspecified atom stereocenters. The van der Waals surface area contributed by atoms with Crippen molar-refractivity contribution in [3.63, 3.8) is 0 Å². The number of aliphatic hydroxyl groups is 2. The van der Waals surface area contributed by atoms with Crippen molar-refractivity contribution in [3.05, 3.63) is 58.7 Å². The minimum atomic E-state index is -0.650. The summed E-state index contributed by atoms with van der Waals surface area (Å²) < 4.78 is 0. The maximum atomic E-state index is 12.9. The smallest absolute Gasteiger partial charge is 0.222 e. The van der Waals surface area contributed by atoms with Crippen LogP contribution in [0.4, 0.5) is 0 Å². The molecule has 5 aliphatic rings. The normalized spacial score (nSPS) is 29.9. The number of hydrogen-bond acceptors (Lipinski definition) is 4. The molecule has 2 saturated heterocycles. The van der Waals surface area contributed by atoms with Crippen LogP contribution in [0.3, 0.4) is 0 Å². The molecule has 2 bridgehead atoms. The molecule has 0 radical (unpaired) electrons. The molecule has 4 atom stereocenters. The number of piperidine rings is 2. The lowest BCUT2D eigenvalue weighted by Gasteiger charge is -2.57. The predicted molar refractivity (Wildman–Crippen MR) is 156 cm³/mol. The third-order valence-corrected chi connectivity index (χ3v) is 8.94. The van der Waals surface area contributed by atoms with Gasteiger partial charge in [-0.05, 0) is 60.8 Å². The van der Waals surface area contributed by atoms with E-state index in [2.05, 4.69) is 55.9 Å². The average molecular weight is 521 g/mol. The Kier molecular flexibility index (Phi) is 11.2. The van der Waals surface area contributed by atoms with E-state index in [-0.39, 0.29) is 18.6 Å². The fraction of sp³-hybridized carbons (Fsp3) is 0.606. The Bertz CT molecular complexity index is 989. The minimum absolute atomic E-state index is 0.00104. The van der Waals surface area contributed by atoms with E-state index in [4.69, 9.17) is 0 Å². The maximum absolute atomic E-state index is 12.9. The first-order valence-electron chi connectivity index (χ1n) is 14.5. The van der Waals surface area contributed by atoms with E-state index >= 15 is 0 Å². The van der Waals surface area contributed by atoms with Crippen LogP contribution in [-0.4, -0.2) is 64.9 Å². The van der Waals surface area contributed by atoms with E-state index in [1.165, 1.54) is 44.1 Å². The van der Waals surface area contributed by atoms with Gasteiger partial charge in [-0.15, -0.1) is 12.8 Å². The maximum Gasteiger partial charge on any atom is 0.222 e. The lowest BCUT2D eigenvalue weighted by atomic mass is 9.59. The fourth-order valence-electron chi connectivity index (χ4n) is 7.03. The average Bonchev–Trinajstić information content (AvgIpc) is 3.47. The second-order valence-corrected chi connectivity index (χ2v) is 11.4. The Balaban J connectivity index is 0.000000504. The molecular weight excluding hydrogens is 472 g/mol. The number of amides is 1. The molecule has 1 saturated carbocycles. The minimum Gasteiger partial charge on any atom is -0.392 e. The fourth-order valence-corrected chi connectivity index (χ4v) is 7.03. The first-order chi connectivity index (χ1) is 18.4. The number of carbonyl (C=O) groups excluding carboxylic acids is 1. The number of allylic oxidation sites excluding steroid dienone is 7. The van der Waals surface area contributed by atoms with Gasteiger partial charge in [0.05, 0.1) is 18.1 Å². The predicted octanol–water partition coefficient (Wildman–Crippen LogP) is 5.54. The zero-order valence-electron chi connectivity index (χ0n) is 23.7. The van der Waals surface area contributed by atoms with Gasteiger partial charge in [-0.1, -0.05) is 75.5 Å². The number of fused-ring (bicyclic) bond motifs is 3. The number of terminal acetylenes is 1. The van der Waals surface area contributed by atoms with Crippen LogP contribution >= 0.6 is 0 Å². The van der Waals surface area contributed by atoms with E-state index in [0.717, 1.165) is 36.2 Å².